The number of amides is 4. The number of benzene rings is 3. The predicted octanol–water partition coefficient (Wildman–Crippen LogP) is 5.32. The van der Waals surface area contributed by atoms with Crippen LogP contribution in [0.4, 0.5) is 26.2 Å². The number of carbonyl (C=O) groups excluding carboxylic acids is 3. The Morgan fingerprint density at radius 2 is 1.29 bits per heavy atom. The van der Waals surface area contributed by atoms with E-state index in [4.69, 9.17) is 0 Å². The number of rotatable bonds is 4. The van der Waals surface area contributed by atoms with Crippen molar-refractivity contribution in [3.05, 3.63) is 95.3 Å². The molecule has 0 N–H and O–H groups in total. The van der Waals surface area contributed by atoms with Gasteiger partial charge >= 0.3 is 6.03 Å². The molecule has 2 heterocycles. The third-order valence-corrected chi connectivity index (χ3v) is 6.36. The summed E-state index contributed by atoms with van der Waals surface area (Å²) < 4.78 is 15.1. The number of para-hydroxylation sites is 2. The van der Waals surface area contributed by atoms with Crippen LogP contribution in [-0.4, -0.2) is 30.9 Å². The number of halogens is 1. The lowest BCUT2D eigenvalue weighted by Crippen LogP contribution is -2.57. The number of hydrogen-bond donors (Lipinski definition) is 0. The van der Waals surface area contributed by atoms with Crippen LogP contribution in [0.2, 0.25) is 0 Å². The Labute approximate surface area is 202 Å². The van der Waals surface area contributed by atoms with E-state index in [1.165, 1.54) is 12.1 Å². The van der Waals surface area contributed by atoms with Crippen LogP contribution in [0.5, 0.6) is 0 Å². The summed E-state index contributed by atoms with van der Waals surface area (Å²) >= 11 is 0. The van der Waals surface area contributed by atoms with Crippen LogP contribution in [0.1, 0.15) is 24.0 Å². The maximum Gasteiger partial charge on any atom is 0.343 e. The largest absolute Gasteiger partial charge is 0.369 e. The van der Waals surface area contributed by atoms with Gasteiger partial charge in [0, 0.05) is 13.1 Å². The summed E-state index contributed by atoms with van der Waals surface area (Å²) in [6.45, 7) is 3.42. The van der Waals surface area contributed by atoms with E-state index in [9.17, 15) is 14.4 Å². The van der Waals surface area contributed by atoms with E-state index in [2.05, 4.69) is 0 Å². The number of aryl methyl sites for hydroxylation is 1. The van der Waals surface area contributed by atoms with E-state index >= 15 is 4.39 Å². The first kappa shape index (κ1) is 22.5. The van der Waals surface area contributed by atoms with Gasteiger partial charge in [-0.1, -0.05) is 36.4 Å². The molecule has 0 atom stereocenters. The number of anilines is 3. The van der Waals surface area contributed by atoms with E-state index in [1.807, 2.05) is 11.8 Å². The zero-order valence-electron chi connectivity index (χ0n) is 19.3. The summed E-state index contributed by atoms with van der Waals surface area (Å²) in [4.78, 5) is 44.3. The van der Waals surface area contributed by atoms with Gasteiger partial charge in [0.15, 0.2) is 0 Å². The standard InChI is InChI=1S/C28H24FN3O3/c1-19-16-25(30-14-8-9-15-30)24(29)18-20(19)17-23-26(33)31(21-10-4-2-5-11-21)28(35)32(27(23)34)22-12-6-3-7-13-22/h2-7,10-13,16-18H,8-9,14-15H2,1H3. The number of nitrogens with zero attached hydrogens (tertiary/aromatic N) is 3. The summed E-state index contributed by atoms with van der Waals surface area (Å²) in [5.74, 6) is -1.90. The third kappa shape index (κ3) is 4.10. The molecule has 2 fully saturated rings. The minimum absolute atomic E-state index is 0.214. The van der Waals surface area contributed by atoms with Gasteiger partial charge in [-0.15, -0.1) is 0 Å². The van der Waals surface area contributed by atoms with Crippen molar-refractivity contribution in [1.29, 1.82) is 0 Å². The number of carbonyl (C=O) groups is 3. The molecular weight excluding hydrogens is 445 g/mol. The van der Waals surface area contributed by atoms with Crippen LogP contribution in [0.25, 0.3) is 6.08 Å². The van der Waals surface area contributed by atoms with Gasteiger partial charge in [0.25, 0.3) is 11.8 Å². The monoisotopic (exact) mass is 469 g/mol. The van der Waals surface area contributed by atoms with Crippen molar-refractivity contribution in [1.82, 2.24) is 0 Å². The maximum atomic E-state index is 15.1. The van der Waals surface area contributed by atoms with Gasteiger partial charge in [0.05, 0.1) is 17.1 Å². The highest BCUT2D eigenvalue weighted by Crippen LogP contribution is 2.32. The summed E-state index contributed by atoms with van der Waals surface area (Å²) in [6.07, 6.45) is 3.42. The van der Waals surface area contributed by atoms with Gasteiger partial charge in [-0.3, -0.25) is 9.59 Å². The Bertz CT molecular complexity index is 1270. The molecule has 4 amide bonds. The SMILES string of the molecule is Cc1cc(N2CCCC2)c(F)cc1C=C1C(=O)N(c2ccccc2)C(=O)N(c2ccccc2)C1=O. The Hall–Kier alpha value is -4.26. The quantitative estimate of drug-likeness (QED) is 0.383. The van der Waals surface area contributed by atoms with Crippen LogP contribution in [0.15, 0.2) is 78.4 Å². The normalized spacial score (nSPS) is 16.3. The van der Waals surface area contributed by atoms with Gasteiger partial charge in [-0.05, 0) is 73.4 Å². The van der Waals surface area contributed by atoms with Crippen LogP contribution in [0.3, 0.4) is 0 Å². The molecule has 0 unspecified atom stereocenters. The molecule has 0 aliphatic carbocycles. The Kier molecular flexibility index (Phi) is 5.91. The van der Waals surface area contributed by atoms with E-state index in [0.29, 0.717) is 22.6 Å². The van der Waals surface area contributed by atoms with Gasteiger partial charge in [0.2, 0.25) is 0 Å². The van der Waals surface area contributed by atoms with Gasteiger partial charge in [-0.2, -0.15) is 0 Å². The highest BCUT2D eigenvalue weighted by atomic mass is 19.1. The topological polar surface area (TPSA) is 60.9 Å². The molecular formula is C28H24FN3O3. The smallest absolute Gasteiger partial charge is 0.343 e. The fraction of sp³-hybridized carbons (Fsp3) is 0.179. The predicted molar refractivity (Wildman–Crippen MR) is 134 cm³/mol. The highest BCUT2D eigenvalue weighted by molar-refractivity contribution is 6.46. The molecule has 176 valence electrons. The van der Waals surface area contributed by atoms with Crippen LogP contribution >= 0.6 is 0 Å². The maximum absolute atomic E-state index is 15.1. The Balaban J connectivity index is 1.61. The van der Waals surface area contributed by atoms with Gasteiger partial charge in [0.1, 0.15) is 11.4 Å². The molecule has 0 radical (unpaired) electrons. The molecule has 0 aromatic heterocycles. The summed E-state index contributed by atoms with van der Waals surface area (Å²) in [7, 11) is 0. The molecule has 3 aromatic carbocycles. The lowest BCUT2D eigenvalue weighted by molar-refractivity contribution is -0.121. The number of barbiturate groups is 1. The molecule has 0 saturated carbocycles. The highest BCUT2D eigenvalue weighted by Gasteiger charge is 2.43. The van der Waals surface area contributed by atoms with Crippen molar-refractivity contribution in [3.63, 3.8) is 0 Å². The lowest BCUT2D eigenvalue weighted by atomic mass is 10.0. The Morgan fingerprint density at radius 1 is 0.771 bits per heavy atom. The van der Waals surface area contributed by atoms with Crippen LogP contribution in [0, 0.1) is 12.7 Å². The number of imide groups is 2. The molecule has 6 nitrogen and oxygen atoms in total. The lowest BCUT2D eigenvalue weighted by Gasteiger charge is -2.34. The molecule has 2 aliphatic rings. The Morgan fingerprint density at radius 3 is 1.80 bits per heavy atom. The third-order valence-electron chi connectivity index (χ3n) is 6.36. The first-order valence-electron chi connectivity index (χ1n) is 11.6. The van der Waals surface area contributed by atoms with Crippen LogP contribution < -0.4 is 14.7 Å². The molecule has 2 saturated heterocycles. The van der Waals surface area contributed by atoms with Crippen molar-refractivity contribution in [2.45, 2.75) is 19.8 Å². The fourth-order valence-corrected chi connectivity index (χ4v) is 4.53. The average Bonchev–Trinajstić information content (AvgIpc) is 3.40. The van der Waals surface area contributed by atoms with Crippen molar-refractivity contribution in [3.8, 4) is 0 Å². The van der Waals surface area contributed by atoms with E-state index in [1.54, 1.807) is 66.7 Å². The zero-order chi connectivity index (χ0) is 24.5. The second-order valence-corrected chi connectivity index (χ2v) is 8.65. The molecule has 3 aromatic rings. The van der Waals surface area contributed by atoms with Gasteiger partial charge in [-0.25, -0.2) is 19.0 Å². The fourth-order valence-electron chi connectivity index (χ4n) is 4.53. The minimum Gasteiger partial charge on any atom is -0.369 e. The van der Waals surface area contributed by atoms with Crippen molar-refractivity contribution < 1.29 is 18.8 Å². The van der Waals surface area contributed by atoms with Gasteiger partial charge < -0.3 is 4.90 Å². The second kappa shape index (κ2) is 9.18. The average molecular weight is 470 g/mol. The molecule has 0 spiro atoms. The van der Waals surface area contributed by atoms with E-state index < -0.39 is 23.7 Å². The zero-order valence-corrected chi connectivity index (χ0v) is 19.3. The van der Waals surface area contributed by atoms with E-state index in [0.717, 1.165) is 41.3 Å². The van der Waals surface area contributed by atoms with Crippen molar-refractivity contribution in [2.24, 2.45) is 0 Å². The molecule has 35 heavy (non-hydrogen) atoms. The molecule has 5 rings (SSSR count). The van der Waals surface area contributed by atoms with Crippen molar-refractivity contribution in [2.75, 3.05) is 27.8 Å². The molecule has 7 heteroatoms. The number of urea groups is 1. The molecule has 0 bridgehead atoms. The van der Waals surface area contributed by atoms with Crippen LogP contribution in [-0.2, 0) is 9.59 Å². The first-order valence-corrected chi connectivity index (χ1v) is 11.6. The number of hydrogen-bond acceptors (Lipinski definition) is 4. The summed E-state index contributed by atoms with van der Waals surface area (Å²) in [5, 5.41) is 0. The van der Waals surface area contributed by atoms with Crippen molar-refractivity contribution >= 4 is 41.0 Å². The second-order valence-electron chi connectivity index (χ2n) is 8.65. The summed E-state index contributed by atoms with van der Waals surface area (Å²) in [6, 6.07) is 19.2. The minimum atomic E-state index is -0.762. The molecule has 2 aliphatic heterocycles. The summed E-state index contributed by atoms with van der Waals surface area (Å²) in [5.41, 5.74) is 2.14. The first-order chi connectivity index (χ1) is 17.0. The van der Waals surface area contributed by atoms with E-state index in [-0.39, 0.29) is 5.57 Å².